The van der Waals surface area contributed by atoms with Crippen LogP contribution in [0.25, 0.3) is 10.6 Å². The third kappa shape index (κ3) is 4.49. The minimum atomic E-state index is -0.214. The molecule has 1 aromatic heterocycles. The molecule has 1 saturated carbocycles. The van der Waals surface area contributed by atoms with E-state index in [0.717, 1.165) is 41.3 Å². The van der Waals surface area contributed by atoms with Gasteiger partial charge in [-0.15, -0.1) is 10.2 Å². The van der Waals surface area contributed by atoms with Crippen LogP contribution in [0.4, 0.5) is 4.79 Å². The molecule has 23 heavy (non-hydrogen) atoms. The highest BCUT2D eigenvalue weighted by molar-refractivity contribution is 7.14. The summed E-state index contributed by atoms with van der Waals surface area (Å²) in [5.41, 5.74) is 1.03. The number of carbonyl (C=O) groups excluding carboxylic acids is 1. The first-order chi connectivity index (χ1) is 11.2. The zero-order valence-corrected chi connectivity index (χ0v) is 13.6. The monoisotopic (exact) mass is 332 g/mol. The van der Waals surface area contributed by atoms with Gasteiger partial charge in [-0.2, -0.15) is 0 Å². The number of aliphatic hydroxyl groups excluding tert-OH is 1. The quantitative estimate of drug-likeness (QED) is 0.802. The predicted octanol–water partition coefficient (Wildman–Crippen LogP) is 2.31. The van der Waals surface area contributed by atoms with Gasteiger partial charge in [0.25, 0.3) is 0 Å². The van der Waals surface area contributed by atoms with Crippen LogP contribution in [0.15, 0.2) is 30.3 Å². The summed E-state index contributed by atoms with van der Waals surface area (Å²) in [5.74, 6) is 0. The van der Waals surface area contributed by atoms with E-state index in [1.807, 2.05) is 30.3 Å². The molecule has 0 saturated heterocycles. The fourth-order valence-corrected chi connectivity index (χ4v) is 3.42. The second kappa shape index (κ2) is 7.52. The van der Waals surface area contributed by atoms with Gasteiger partial charge in [-0.25, -0.2) is 4.79 Å². The third-order valence-corrected chi connectivity index (χ3v) is 4.89. The highest BCUT2D eigenvalue weighted by Crippen LogP contribution is 2.23. The Hall–Kier alpha value is -1.99. The van der Waals surface area contributed by atoms with Gasteiger partial charge in [0, 0.05) is 11.6 Å². The van der Waals surface area contributed by atoms with Crippen molar-refractivity contribution in [3.8, 4) is 10.6 Å². The van der Waals surface area contributed by atoms with Crippen LogP contribution < -0.4 is 10.6 Å². The highest BCUT2D eigenvalue weighted by Gasteiger charge is 2.20. The average Bonchev–Trinajstić information content (AvgIpc) is 3.05. The van der Waals surface area contributed by atoms with E-state index in [-0.39, 0.29) is 18.2 Å². The van der Waals surface area contributed by atoms with Gasteiger partial charge in [0.1, 0.15) is 10.0 Å². The number of urea groups is 1. The van der Waals surface area contributed by atoms with Crippen LogP contribution in [0.5, 0.6) is 0 Å². The number of amides is 2. The zero-order chi connectivity index (χ0) is 16.1. The van der Waals surface area contributed by atoms with Crippen LogP contribution in [0.3, 0.4) is 0 Å². The molecule has 0 radical (unpaired) electrons. The summed E-state index contributed by atoms with van der Waals surface area (Å²) in [6.07, 6.45) is 2.94. The van der Waals surface area contributed by atoms with Crippen molar-refractivity contribution >= 4 is 17.4 Å². The Morgan fingerprint density at radius 2 is 1.91 bits per heavy atom. The van der Waals surface area contributed by atoms with Crippen LogP contribution >= 0.6 is 11.3 Å². The zero-order valence-electron chi connectivity index (χ0n) is 12.7. The lowest BCUT2D eigenvalue weighted by Crippen LogP contribution is -2.43. The van der Waals surface area contributed by atoms with Crippen molar-refractivity contribution in [2.75, 3.05) is 0 Å². The molecule has 1 fully saturated rings. The third-order valence-electron chi connectivity index (χ3n) is 3.92. The summed E-state index contributed by atoms with van der Waals surface area (Å²) in [5, 5.41) is 25.1. The molecule has 3 N–H and O–H groups in total. The average molecular weight is 332 g/mol. The second-order valence-electron chi connectivity index (χ2n) is 5.70. The molecule has 0 atom stereocenters. The maximum absolute atomic E-state index is 11.9. The van der Waals surface area contributed by atoms with Crippen LogP contribution in [0.2, 0.25) is 0 Å². The first-order valence-corrected chi connectivity index (χ1v) is 8.62. The number of benzene rings is 1. The number of hydrogen-bond donors (Lipinski definition) is 3. The van der Waals surface area contributed by atoms with Crippen molar-refractivity contribution < 1.29 is 9.90 Å². The molecule has 1 aliphatic rings. The SMILES string of the molecule is O=C(NCc1nnc(-c2ccccc2)s1)NC1CCC(O)CC1. The molecule has 122 valence electrons. The van der Waals surface area contributed by atoms with E-state index in [2.05, 4.69) is 20.8 Å². The van der Waals surface area contributed by atoms with Gasteiger partial charge < -0.3 is 15.7 Å². The smallest absolute Gasteiger partial charge is 0.315 e. The van der Waals surface area contributed by atoms with Crippen molar-refractivity contribution in [2.45, 2.75) is 44.4 Å². The molecule has 1 heterocycles. The van der Waals surface area contributed by atoms with Gasteiger partial charge in [-0.3, -0.25) is 0 Å². The summed E-state index contributed by atoms with van der Waals surface area (Å²) in [4.78, 5) is 11.9. The molecule has 1 aliphatic carbocycles. The topological polar surface area (TPSA) is 87.1 Å². The van der Waals surface area contributed by atoms with Crippen molar-refractivity contribution in [2.24, 2.45) is 0 Å². The van der Waals surface area contributed by atoms with Crippen LogP contribution in [-0.2, 0) is 6.54 Å². The number of aliphatic hydroxyl groups is 1. The Labute approximate surface area is 139 Å². The van der Waals surface area contributed by atoms with Crippen molar-refractivity contribution in [3.05, 3.63) is 35.3 Å². The van der Waals surface area contributed by atoms with E-state index in [1.54, 1.807) is 0 Å². The van der Waals surface area contributed by atoms with Gasteiger partial charge in [0.05, 0.1) is 12.6 Å². The maximum Gasteiger partial charge on any atom is 0.315 e. The van der Waals surface area contributed by atoms with Crippen LogP contribution in [0.1, 0.15) is 30.7 Å². The largest absolute Gasteiger partial charge is 0.393 e. The molecule has 0 spiro atoms. The van der Waals surface area contributed by atoms with Crippen molar-refractivity contribution in [1.82, 2.24) is 20.8 Å². The number of nitrogens with zero attached hydrogens (tertiary/aromatic N) is 2. The Balaban J connectivity index is 1.47. The molecule has 6 nitrogen and oxygen atoms in total. The molecule has 1 aromatic carbocycles. The minimum Gasteiger partial charge on any atom is -0.393 e. The molecule has 2 amide bonds. The number of rotatable bonds is 4. The van der Waals surface area contributed by atoms with Gasteiger partial charge in [-0.1, -0.05) is 41.7 Å². The number of carbonyl (C=O) groups is 1. The standard InChI is InChI=1S/C16H20N4O2S/c21-13-8-6-12(7-9-13)18-16(22)17-10-14-19-20-15(23-14)11-4-2-1-3-5-11/h1-5,12-13,21H,6-10H2,(H2,17,18,22). The van der Waals surface area contributed by atoms with Crippen LogP contribution in [-0.4, -0.2) is 33.5 Å². The summed E-state index contributed by atoms with van der Waals surface area (Å²) < 4.78 is 0. The lowest BCUT2D eigenvalue weighted by Gasteiger charge is -2.26. The molecule has 0 bridgehead atoms. The summed E-state index contributed by atoms with van der Waals surface area (Å²) in [6, 6.07) is 9.81. The Kier molecular flexibility index (Phi) is 5.19. The number of nitrogens with one attached hydrogen (secondary N) is 2. The molecule has 3 rings (SSSR count). The van der Waals surface area contributed by atoms with Gasteiger partial charge >= 0.3 is 6.03 Å². The predicted molar refractivity (Wildman–Crippen MR) is 89.0 cm³/mol. The van der Waals surface area contributed by atoms with Crippen molar-refractivity contribution in [1.29, 1.82) is 0 Å². The van der Waals surface area contributed by atoms with Gasteiger partial charge in [0.15, 0.2) is 0 Å². The van der Waals surface area contributed by atoms with Gasteiger partial charge in [-0.05, 0) is 25.7 Å². The summed E-state index contributed by atoms with van der Waals surface area (Å²) in [7, 11) is 0. The number of hydrogen-bond acceptors (Lipinski definition) is 5. The van der Waals surface area contributed by atoms with E-state index in [9.17, 15) is 9.90 Å². The van der Waals surface area contributed by atoms with E-state index < -0.39 is 0 Å². The lowest BCUT2D eigenvalue weighted by molar-refractivity contribution is 0.117. The first kappa shape index (κ1) is 15.9. The molecular formula is C16H20N4O2S. The van der Waals surface area contributed by atoms with E-state index in [4.69, 9.17) is 0 Å². The Morgan fingerprint density at radius 1 is 1.17 bits per heavy atom. The van der Waals surface area contributed by atoms with Crippen molar-refractivity contribution in [3.63, 3.8) is 0 Å². The second-order valence-corrected chi connectivity index (χ2v) is 6.76. The summed E-state index contributed by atoms with van der Waals surface area (Å²) >= 11 is 1.48. The van der Waals surface area contributed by atoms with Gasteiger partial charge in [0.2, 0.25) is 0 Å². The lowest BCUT2D eigenvalue weighted by atomic mass is 9.93. The molecule has 0 unspecified atom stereocenters. The molecule has 2 aromatic rings. The number of aromatic nitrogens is 2. The first-order valence-electron chi connectivity index (χ1n) is 7.81. The fourth-order valence-electron chi connectivity index (χ4n) is 2.63. The molecule has 0 aliphatic heterocycles. The molecular weight excluding hydrogens is 312 g/mol. The summed E-state index contributed by atoms with van der Waals surface area (Å²) in [6.45, 7) is 0.367. The normalized spacial score (nSPS) is 20.9. The van der Waals surface area contributed by atoms with Crippen LogP contribution in [0, 0.1) is 0 Å². The Morgan fingerprint density at radius 3 is 2.65 bits per heavy atom. The highest BCUT2D eigenvalue weighted by atomic mass is 32.1. The Bertz CT molecular complexity index is 639. The van der Waals surface area contributed by atoms with E-state index in [1.165, 1.54) is 11.3 Å². The minimum absolute atomic E-state index is 0.146. The fraction of sp³-hybridized carbons (Fsp3) is 0.438. The maximum atomic E-state index is 11.9. The van der Waals surface area contributed by atoms with E-state index >= 15 is 0 Å². The molecule has 7 heteroatoms. The van der Waals surface area contributed by atoms with E-state index in [0.29, 0.717) is 6.54 Å².